The van der Waals surface area contributed by atoms with Crippen molar-refractivity contribution in [1.82, 2.24) is 4.90 Å². The molecule has 0 N–H and O–H groups in total. The topological polar surface area (TPSA) is 47.3 Å². The van der Waals surface area contributed by atoms with Crippen LogP contribution in [0.25, 0.3) is 0 Å². The van der Waals surface area contributed by atoms with Crippen LogP contribution >= 0.6 is 0 Å². The average Bonchev–Trinajstić information content (AvgIpc) is 2.99. The molecule has 0 radical (unpaired) electrons. The van der Waals surface area contributed by atoms with Gasteiger partial charge in [0.05, 0.1) is 23.7 Å². The molecule has 1 heterocycles. The maximum Gasteiger partial charge on any atom is 0.417 e. The number of alkyl halides is 3. The zero-order valence-electron chi connectivity index (χ0n) is 12.2. The Hall–Kier alpha value is -2.23. The molecule has 1 amide bonds. The summed E-state index contributed by atoms with van der Waals surface area (Å²) < 4.78 is 38.8. The third-order valence-electron chi connectivity index (χ3n) is 3.70. The maximum absolute atomic E-state index is 12.9. The standard InChI is InChI=1S/C15H16F3N3O/c1-20(10-14(22)21-6-2-3-7-21)12-5-4-11(9-19)13(8-12)15(16,17)18/h4-5,8H,2-3,6-7,10H2,1H3. The Morgan fingerprint density at radius 3 is 2.55 bits per heavy atom. The molecule has 1 saturated heterocycles. The van der Waals surface area contributed by atoms with Crippen LogP contribution in [0.4, 0.5) is 18.9 Å². The van der Waals surface area contributed by atoms with Crippen LogP contribution in [0.2, 0.25) is 0 Å². The summed E-state index contributed by atoms with van der Waals surface area (Å²) in [5.74, 6) is -0.0991. The number of amides is 1. The minimum Gasteiger partial charge on any atom is -0.365 e. The molecule has 1 aliphatic rings. The van der Waals surface area contributed by atoms with Crippen LogP contribution in [-0.4, -0.2) is 37.5 Å². The van der Waals surface area contributed by atoms with E-state index >= 15 is 0 Å². The fraction of sp³-hybridized carbons (Fsp3) is 0.467. The smallest absolute Gasteiger partial charge is 0.365 e. The van der Waals surface area contributed by atoms with Gasteiger partial charge >= 0.3 is 6.18 Å². The van der Waals surface area contributed by atoms with E-state index in [-0.39, 0.29) is 18.1 Å². The number of likely N-dealkylation sites (N-methyl/N-ethyl adjacent to an activating group) is 1. The second-order valence-electron chi connectivity index (χ2n) is 5.28. The monoisotopic (exact) mass is 311 g/mol. The van der Waals surface area contributed by atoms with Crippen LogP contribution in [0.1, 0.15) is 24.0 Å². The minimum absolute atomic E-state index is 0.0171. The lowest BCUT2D eigenvalue weighted by Crippen LogP contribution is -2.37. The van der Waals surface area contributed by atoms with Crippen LogP contribution in [0, 0.1) is 11.3 Å². The van der Waals surface area contributed by atoms with Gasteiger partial charge in [0, 0.05) is 25.8 Å². The molecule has 0 bridgehead atoms. The van der Waals surface area contributed by atoms with Crippen molar-refractivity contribution in [3.8, 4) is 6.07 Å². The summed E-state index contributed by atoms with van der Waals surface area (Å²) in [6, 6.07) is 5.01. The predicted octanol–water partition coefficient (Wildman–Crippen LogP) is 2.64. The van der Waals surface area contributed by atoms with Crippen molar-refractivity contribution >= 4 is 11.6 Å². The van der Waals surface area contributed by atoms with Crippen LogP contribution in [0.15, 0.2) is 18.2 Å². The van der Waals surface area contributed by atoms with Crippen molar-refractivity contribution in [3.05, 3.63) is 29.3 Å². The number of halogens is 3. The Balaban J connectivity index is 2.18. The molecule has 1 aliphatic heterocycles. The van der Waals surface area contributed by atoms with Gasteiger partial charge in [-0.15, -0.1) is 0 Å². The fourth-order valence-corrected chi connectivity index (χ4v) is 2.46. The molecule has 0 aliphatic carbocycles. The number of anilines is 1. The van der Waals surface area contributed by atoms with Gasteiger partial charge in [-0.2, -0.15) is 18.4 Å². The fourth-order valence-electron chi connectivity index (χ4n) is 2.46. The third kappa shape index (κ3) is 3.50. The van der Waals surface area contributed by atoms with Gasteiger partial charge in [0.1, 0.15) is 0 Å². The second kappa shape index (κ2) is 6.26. The number of nitriles is 1. The van der Waals surface area contributed by atoms with Gasteiger partial charge in [-0.3, -0.25) is 4.79 Å². The molecule has 22 heavy (non-hydrogen) atoms. The van der Waals surface area contributed by atoms with Gasteiger partial charge in [-0.05, 0) is 31.0 Å². The van der Waals surface area contributed by atoms with Crippen molar-refractivity contribution in [2.24, 2.45) is 0 Å². The van der Waals surface area contributed by atoms with E-state index in [1.807, 2.05) is 0 Å². The van der Waals surface area contributed by atoms with E-state index in [1.165, 1.54) is 11.0 Å². The molecule has 0 saturated carbocycles. The summed E-state index contributed by atoms with van der Waals surface area (Å²) in [5.41, 5.74) is -1.14. The molecule has 2 rings (SSSR count). The summed E-state index contributed by atoms with van der Waals surface area (Å²) in [6.45, 7) is 1.42. The summed E-state index contributed by atoms with van der Waals surface area (Å²) in [4.78, 5) is 15.2. The van der Waals surface area contributed by atoms with Crippen molar-refractivity contribution in [1.29, 1.82) is 5.26 Å². The van der Waals surface area contributed by atoms with Gasteiger partial charge in [-0.1, -0.05) is 0 Å². The van der Waals surface area contributed by atoms with E-state index < -0.39 is 17.3 Å². The highest BCUT2D eigenvalue weighted by Crippen LogP contribution is 2.34. The molecule has 0 unspecified atom stereocenters. The molecule has 7 heteroatoms. The van der Waals surface area contributed by atoms with Gasteiger partial charge in [0.25, 0.3) is 0 Å². The first-order chi connectivity index (χ1) is 10.3. The number of hydrogen-bond donors (Lipinski definition) is 0. The van der Waals surface area contributed by atoms with Crippen molar-refractivity contribution in [2.45, 2.75) is 19.0 Å². The Morgan fingerprint density at radius 1 is 1.36 bits per heavy atom. The Kier molecular flexibility index (Phi) is 4.59. The van der Waals surface area contributed by atoms with Gasteiger partial charge in [0.2, 0.25) is 5.91 Å². The molecule has 1 aromatic rings. The Morgan fingerprint density at radius 2 is 2.00 bits per heavy atom. The summed E-state index contributed by atoms with van der Waals surface area (Å²) >= 11 is 0. The molecular weight excluding hydrogens is 295 g/mol. The van der Waals surface area contributed by atoms with E-state index in [1.54, 1.807) is 18.0 Å². The van der Waals surface area contributed by atoms with Crippen molar-refractivity contribution in [3.63, 3.8) is 0 Å². The molecule has 1 aromatic carbocycles. The maximum atomic E-state index is 12.9. The third-order valence-corrected chi connectivity index (χ3v) is 3.70. The number of hydrogen-bond acceptors (Lipinski definition) is 3. The van der Waals surface area contributed by atoms with E-state index in [0.29, 0.717) is 13.1 Å². The highest BCUT2D eigenvalue weighted by atomic mass is 19.4. The normalized spacial score (nSPS) is 14.8. The molecule has 118 valence electrons. The number of rotatable bonds is 3. The summed E-state index contributed by atoms with van der Waals surface area (Å²) in [5, 5.41) is 8.78. The second-order valence-corrected chi connectivity index (χ2v) is 5.28. The van der Waals surface area contributed by atoms with Crippen molar-refractivity contribution in [2.75, 3.05) is 31.6 Å². The molecule has 1 fully saturated rings. The minimum atomic E-state index is -4.60. The molecule has 0 atom stereocenters. The zero-order chi connectivity index (χ0) is 16.3. The van der Waals surface area contributed by atoms with E-state index in [9.17, 15) is 18.0 Å². The van der Waals surface area contributed by atoms with Crippen LogP contribution < -0.4 is 4.90 Å². The Labute approximate surface area is 126 Å². The lowest BCUT2D eigenvalue weighted by molar-refractivity contribution is -0.137. The Bertz CT molecular complexity index is 601. The van der Waals surface area contributed by atoms with E-state index in [2.05, 4.69) is 0 Å². The molecular formula is C15H16F3N3O. The van der Waals surface area contributed by atoms with E-state index in [4.69, 9.17) is 5.26 Å². The van der Waals surface area contributed by atoms with E-state index in [0.717, 1.165) is 25.0 Å². The van der Waals surface area contributed by atoms with Gasteiger partial charge < -0.3 is 9.80 Å². The molecule has 0 aromatic heterocycles. The van der Waals surface area contributed by atoms with Gasteiger partial charge in [-0.25, -0.2) is 0 Å². The number of likely N-dealkylation sites (tertiary alicyclic amines) is 1. The van der Waals surface area contributed by atoms with Crippen LogP contribution in [-0.2, 0) is 11.0 Å². The van der Waals surface area contributed by atoms with Crippen LogP contribution in [0.3, 0.4) is 0 Å². The van der Waals surface area contributed by atoms with Gasteiger partial charge in [0.15, 0.2) is 0 Å². The zero-order valence-corrected chi connectivity index (χ0v) is 12.2. The average molecular weight is 311 g/mol. The summed E-state index contributed by atoms with van der Waals surface area (Å²) in [7, 11) is 1.56. The SMILES string of the molecule is CN(CC(=O)N1CCCC1)c1ccc(C#N)c(C(F)(F)F)c1. The first-order valence-corrected chi connectivity index (χ1v) is 6.93. The number of nitrogens with zero attached hydrogens (tertiary/aromatic N) is 3. The number of carbonyl (C=O) groups excluding carboxylic acids is 1. The van der Waals surface area contributed by atoms with Crippen LogP contribution in [0.5, 0.6) is 0 Å². The first kappa shape index (κ1) is 16.1. The lowest BCUT2D eigenvalue weighted by Gasteiger charge is -2.23. The highest BCUT2D eigenvalue weighted by Gasteiger charge is 2.34. The highest BCUT2D eigenvalue weighted by molar-refractivity contribution is 5.81. The largest absolute Gasteiger partial charge is 0.417 e. The lowest BCUT2D eigenvalue weighted by atomic mass is 10.1. The summed E-state index contributed by atoms with van der Waals surface area (Å²) in [6.07, 6.45) is -2.67. The number of benzene rings is 1. The quantitative estimate of drug-likeness (QED) is 0.862. The first-order valence-electron chi connectivity index (χ1n) is 6.93. The molecule has 4 nitrogen and oxygen atoms in total. The molecule has 0 spiro atoms. The van der Waals surface area contributed by atoms with Crippen molar-refractivity contribution < 1.29 is 18.0 Å². The predicted molar refractivity (Wildman–Crippen MR) is 75.2 cm³/mol. The number of carbonyl (C=O) groups is 1.